The van der Waals surface area contributed by atoms with Gasteiger partial charge in [-0.1, -0.05) is 32.0 Å². The normalized spacial score (nSPS) is 11.6. The summed E-state index contributed by atoms with van der Waals surface area (Å²) in [7, 11) is 0. The van der Waals surface area contributed by atoms with E-state index in [1.807, 2.05) is 28.8 Å². The fourth-order valence-electron chi connectivity index (χ4n) is 3.73. The molecule has 1 aromatic heterocycles. The van der Waals surface area contributed by atoms with Crippen molar-refractivity contribution in [2.45, 2.75) is 26.3 Å². The number of fused-ring (bicyclic) bond motifs is 3. The van der Waals surface area contributed by atoms with Crippen molar-refractivity contribution in [3.63, 3.8) is 0 Å². The Hall–Kier alpha value is -3.21. The molecular weight excluding hydrogens is 358 g/mol. The van der Waals surface area contributed by atoms with Gasteiger partial charge in [-0.3, -0.25) is 4.79 Å². The van der Waals surface area contributed by atoms with Gasteiger partial charge >= 0.3 is 0 Å². The Balaban J connectivity index is 2.06. The van der Waals surface area contributed by atoms with E-state index in [-0.39, 0.29) is 12.1 Å². The van der Waals surface area contributed by atoms with Crippen LogP contribution in [0.15, 0.2) is 54.6 Å². The molecule has 1 amide bonds. The predicted molar refractivity (Wildman–Crippen MR) is 108 cm³/mol. The van der Waals surface area contributed by atoms with Gasteiger partial charge in [0.25, 0.3) is 0 Å². The van der Waals surface area contributed by atoms with E-state index in [1.165, 1.54) is 6.07 Å². The quantitative estimate of drug-likeness (QED) is 0.512. The number of aromatic nitrogens is 1. The van der Waals surface area contributed by atoms with Crippen LogP contribution in [0.5, 0.6) is 0 Å². The van der Waals surface area contributed by atoms with Crippen LogP contribution in [0.2, 0.25) is 0 Å². The molecule has 0 fully saturated rings. The second-order valence-corrected chi connectivity index (χ2v) is 7.32. The molecule has 3 aromatic carbocycles. The van der Waals surface area contributed by atoms with E-state index in [0.29, 0.717) is 11.5 Å². The number of carbonyl (C=O) groups is 1. The summed E-state index contributed by atoms with van der Waals surface area (Å²) in [5.41, 5.74) is 9.00. The zero-order valence-corrected chi connectivity index (χ0v) is 15.7. The molecule has 0 aliphatic carbocycles. The van der Waals surface area contributed by atoms with Crippen LogP contribution < -0.4 is 5.73 Å². The van der Waals surface area contributed by atoms with Gasteiger partial charge < -0.3 is 10.3 Å². The number of rotatable bonds is 4. The molecule has 4 rings (SSSR count). The number of nitrogens with zero attached hydrogens (tertiary/aromatic N) is 1. The van der Waals surface area contributed by atoms with E-state index in [1.54, 1.807) is 12.1 Å². The van der Waals surface area contributed by atoms with E-state index >= 15 is 0 Å². The minimum absolute atomic E-state index is 0.146. The maximum atomic E-state index is 14.3. The van der Waals surface area contributed by atoms with Crippen LogP contribution in [-0.4, -0.2) is 10.5 Å². The molecule has 0 radical (unpaired) electrons. The number of amides is 1. The highest BCUT2D eigenvalue weighted by Crippen LogP contribution is 2.34. The van der Waals surface area contributed by atoms with Gasteiger partial charge in [-0.25, -0.2) is 8.78 Å². The van der Waals surface area contributed by atoms with E-state index in [4.69, 9.17) is 5.73 Å². The summed E-state index contributed by atoms with van der Waals surface area (Å²) in [6.45, 7) is 4.33. The highest BCUT2D eigenvalue weighted by Gasteiger charge is 2.18. The summed E-state index contributed by atoms with van der Waals surface area (Å²) >= 11 is 0. The summed E-state index contributed by atoms with van der Waals surface area (Å²) in [5.74, 6) is -1.17. The Morgan fingerprint density at radius 2 is 1.82 bits per heavy atom. The summed E-state index contributed by atoms with van der Waals surface area (Å²) in [5, 5.41) is 1.60. The van der Waals surface area contributed by atoms with Gasteiger partial charge in [-0.05, 0) is 47.9 Å². The third kappa shape index (κ3) is 2.93. The van der Waals surface area contributed by atoms with Crippen LogP contribution in [0.25, 0.3) is 21.8 Å². The standard InChI is InChI=1S/C23H20F2N2O/c1-13(2)14-6-8-17-21(11-14)27(12-15-10-16(24)7-9-19(15)25)20-5-3-4-18(22(17)20)23(26)28/h3-11,13H,12H2,1-2H3,(H2,26,28). The zero-order chi connectivity index (χ0) is 20.0. The number of nitrogens with two attached hydrogens (primary N) is 1. The van der Waals surface area contributed by atoms with Gasteiger partial charge in [0.15, 0.2) is 0 Å². The van der Waals surface area contributed by atoms with Crippen LogP contribution in [0.1, 0.15) is 41.3 Å². The maximum Gasteiger partial charge on any atom is 0.249 e. The molecule has 4 aromatic rings. The Kier molecular flexibility index (Phi) is 4.38. The fraction of sp³-hybridized carbons (Fsp3) is 0.174. The van der Waals surface area contributed by atoms with Crippen LogP contribution in [0, 0.1) is 11.6 Å². The van der Waals surface area contributed by atoms with E-state index in [9.17, 15) is 13.6 Å². The molecule has 0 atom stereocenters. The Morgan fingerprint density at radius 3 is 2.54 bits per heavy atom. The third-order valence-electron chi connectivity index (χ3n) is 5.18. The number of hydrogen-bond acceptors (Lipinski definition) is 1. The van der Waals surface area contributed by atoms with Crippen LogP contribution in [-0.2, 0) is 6.54 Å². The first kappa shape index (κ1) is 18.2. The van der Waals surface area contributed by atoms with Crippen LogP contribution >= 0.6 is 0 Å². The molecule has 28 heavy (non-hydrogen) atoms. The summed E-state index contributed by atoms with van der Waals surface area (Å²) in [4.78, 5) is 12.0. The minimum atomic E-state index is -0.519. The van der Waals surface area contributed by atoms with Crippen molar-refractivity contribution in [2.75, 3.05) is 0 Å². The monoisotopic (exact) mass is 378 g/mol. The molecule has 0 aliphatic rings. The van der Waals surface area contributed by atoms with Crippen molar-refractivity contribution in [3.05, 3.63) is 82.9 Å². The largest absolute Gasteiger partial charge is 0.366 e. The number of halogens is 2. The molecule has 0 saturated heterocycles. The van der Waals surface area contributed by atoms with Crippen LogP contribution in [0.3, 0.4) is 0 Å². The van der Waals surface area contributed by atoms with Crippen molar-refractivity contribution >= 4 is 27.7 Å². The molecule has 1 heterocycles. The van der Waals surface area contributed by atoms with Crippen molar-refractivity contribution in [1.82, 2.24) is 4.57 Å². The molecule has 0 saturated carbocycles. The Bertz CT molecular complexity index is 1220. The van der Waals surface area contributed by atoms with Gasteiger partial charge in [-0.15, -0.1) is 0 Å². The SMILES string of the molecule is CC(C)c1ccc2c3c(C(N)=O)cccc3n(Cc3cc(F)ccc3F)c2c1. The van der Waals surface area contributed by atoms with Gasteiger partial charge in [0.2, 0.25) is 5.91 Å². The lowest BCUT2D eigenvalue weighted by Gasteiger charge is -2.11. The fourth-order valence-corrected chi connectivity index (χ4v) is 3.73. The lowest BCUT2D eigenvalue weighted by atomic mass is 10.00. The number of hydrogen-bond donors (Lipinski definition) is 1. The first-order chi connectivity index (χ1) is 13.4. The first-order valence-corrected chi connectivity index (χ1v) is 9.15. The number of benzene rings is 3. The lowest BCUT2D eigenvalue weighted by Crippen LogP contribution is -2.11. The molecule has 0 spiro atoms. The second-order valence-electron chi connectivity index (χ2n) is 7.32. The van der Waals surface area contributed by atoms with Crippen molar-refractivity contribution in [3.8, 4) is 0 Å². The third-order valence-corrected chi connectivity index (χ3v) is 5.18. The van der Waals surface area contributed by atoms with E-state index < -0.39 is 17.5 Å². The zero-order valence-electron chi connectivity index (χ0n) is 15.7. The van der Waals surface area contributed by atoms with Gasteiger partial charge in [-0.2, -0.15) is 0 Å². The molecule has 0 aliphatic heterocycles. The molecular formula is C23H20F2N2O. The topological polar surface area (TPSA) is 48.0 Å². The molecule has 142 valence electrons. The van der Waals surface area contributed by atoms with Gasteiger partial charge in [0.05, 0.1) is 12.1 Å². The summed E-state index contributed by atoms with van der Waals surface area (Å²) in [6, 6.07) is 14.8. The Morgan fingerprint density at radius 1 is 1.04 bits per heavy atom. The summed E-state index contributed by atoms with van der Waals surface area (Å²) in [6.07, 6.45) is 0. The molecule has 0 bridgehead atoms. The highest BCUT2D eigenvalue weighted by molar-refractivity contribution is 6.18. The summed E-state index contributed by atoms with van der Waals surface area (Å²) < 4.78 is 29.9. The molecule has 2 N–H and O–H groups in total. The smallest absolute Gasteiger partial charge is 0.249 e. The Labute approximate surface area is 161 Å². The van der Waals surface area contributed by atoms with E-state index in [0.717, 1.165) is 39.5 Å². The van der Waals surface area contributed by atoms with Crippen molar-refractivity contribution < 1.29 is 13.6 Å². The second kappa shape index (κ2) is 6.75. The molecule has 3 nitrogen and oxygen atoms in total. The van der Waals surface area contributed by atoms with Crippen molar-refractivity contribution in [1.29, 1.82) is 0 Å². The molecule has 5 heteroatoms. The number of primary amides is 1. The van der Waals surface area contributed by atoms with Gasteiger partial charge in [0.1, 0.15) is 11.6 Å². The minimum Gasteiger partial charge on any atom is -0.366 e. The first-order valence-electron chi connectivity index (χ1n) is 9.15. The average molecular weight is 378 g/mol. The highest BCUT2D eigenvalue weighted by atomic mass is 19.1. The molecule has 0 unspecified atom stereocenters. The van der Waals surface area contributed by atoms with Crippen LogP contribution in [0.4, 0.5) is 8.78 Å². The maximum absolute atomic E-state index is 14.3. The van der Waals surface area contributed by atoms with E-state index in [2.05, 4.69) is 13.8 Å². The average Bonchev–Trinajstić information content (AvgIpc) is 2.98. The lowest BCUT2D eigenvalue weighted by molar-refractivity contribution is 0.100. The van der Waals surface area contributed by atoms with Gasteiger partial charge in [0, 0.05) is 27.4 Å². The van der Waals surface area contributed by atoms with Crippen molar-refractivity contribution in [2.24, 2.45) is 5.73 Å². The predicted octanol–water partition coefficient (Wildman–Crippen LogP) is 5.34. The number of carbonyl (C=O) groups excluding carboxylic acids is 1.